The lowest BCUT2D eigenvalue weighted by Gasteiger charge is -2.32. The maximum Gasteiger partial charge on any atom is 0.140 e. The maximum absolute atomic E-state index is 5.66. The third-order valence-electron chi connectivity index (χ3n) is 4.45. The molecule has 0 radical (unpaired) electrons. The van der Waals surface area contributed by atoms with Crippen molar-refractivity contribution in [3.8, 4) is 11.4 Å². The molecule has 4 rings (SSSR count). The second-order valence-corrected chi connectivity index (χ2v) is 5.77. The minimum atomic E-state index is 0.149. The van der Waals surface area contributed by atoms with Crippen LogP contribution in [-0.2, 0) is 9.47 Å². The van der Waals surface area contributed by atoms with Gasteiger partial charge in [0.05, 0.1) is 24.3 Å². The van der Waals surface area contributed by atoms with Gasteiger partial charge in [-0.05, 0) is 30.7 Å². The van der Waals surface area contributed by atoms with Crippen LogP contribution in [-0.4, -0.2) is 41.0 Å². The van der Waals surface area contributed by atoms with Gasteiger partial charge in [0.2, 0.25) is 0 Å². The smallest absolute Gasteiger partial charge is 0.140 e. The number of imidazole rings is 1. The number of hydrogen-bond acceptors (Lipinski definition) is 4. The van der Waals surface area contributed by atoms with E-state index >= 15 is 0 Å². The van der Waals surface area contributed by atoms with Crippen molar-refractivity contribution in [2.45, 2.75) is 18.6 Å². The molecule has 5 nitrogen and oxygen atoms in total. The quantitative estimate of drug-likeness (QED) is 0.746. The lowest BCUT2D eigenvalue weighted by molar-refractivity contribution is -0.0492. The average Bonchev–Trinajstić information content (AvgIpc) is 3.10. The molecule has 2 atom stereocenters. The second kappa shape index (κ2) is 6.10. The number of rotatable bonds is 3. The highest BCUT2D eigenvalue weighted by atomic mass is 16.5. The monoisotopic (exact) mass is 309 g/mol. The van der Waals surface area contributed by atoms with Crippen LogP contribution in [0.15, 0.2) is 48.9 Å². The van der Waals surface area contributed by atoms with E-state index in [2.05, 4.69) is 32.7 Å². The van der Waals surface area contributed by atoms with Gasteiger partial charge in [0, 0.05) is 43.3 Å². The highest BCUT2D eigenvalue weighted by Gasteiger charge is 2.28. The number of fused-ring (bicyclic) bond motifs is 1. The van der Waals surface area contributed by atoms with Crippen molar-refractivity contribution in [1.82, 2.24) is 14.5 Å². The Balaban J connectivity index is 1.75. The molecule has 1 aliphatic heterocycles. The average molecular weight is 309 g/mol. The SMILES string of the molecule is CO[C@@H]1CCOC[C@H]1n1ccnc1-c1ccc2ncccc2c1. The van der Waals surface area contributed by atoms with E-state index in [1.165, 1.54) is 0 Å². The highest BCUT2D eigenvalue weighted by molar-refractivity contribution is 5.83. The molecule has 1 aliphatic rings. The van der Waals surface area contributed by atoms with Crippen molar-refractivity contribution in [3.05, 3.63) is 48.9 Å². The van der Waals surface area contributed by atoms with Crippen LogP contribution >= 0.6 is 0 Å². The largest absolute Gasteiger partial charge is 0.379 e. The molecule has 2 aromatic heterocycles. The van der Waals surface area contributed by atoms with Crippen LogP contribution in [0.3, 0.4) is 0 Å². The molecule has 118 valence electrons. The number of pyridine rings is 1. The molecule has 3 heterocycles. The van der Waals surface area contributed by atoms with Crippen molar-refractivity contribution in [3.63, 3.8) is 0 Å². The summed E-state index contributed by atoms with van der Waals surface area (Å²) in [6, 6.07) is 10.4. The molecule has 1 saturated heterocycles. The zero-order valence-electron chi connectivity index (χ0n) is 13.1. The van der Waals surface area contributed by atoms with Crippen LogP contribution in [0, 0.1) is 0 Å². The normalized spacial score (nSPS) is 21.6. The predicted octanol–water partition coefficient (Wildman–Crippen LogP) is 3.07. The molecule has 3 aromatic rings. The predicted molar refractivity (Wildman–Crippen MR) is 88.2 cm³/mol. The number of hydrogen-bond donors (Lipinski definition) is 0. The lowest BCUT2D eigenvalue weighted by atomic mass is 10.1. The summed E-state index contributed by atoms with van der Waals surface area (Å²) in [5.74, 6) is 0.938. The minimum Gasteiger partial charge on any atom is -0.379 e. The van der Waals surface area contributed by atoms with E-state index in [0.717, 1.165) is 35.3 Å². The standard InChI is InChI=1S/C18H19N3O2/c1-22-17-6-10-23-12-16(17)21-9-8-20-18(21)14-4-5-15-13(11-14)3-2-7-19-15/h2-5,7-9,11,16-17H,6,10,12H2,1H3/t16-,17-/m1/s1. The zero-order valence-corrected chi connectivity index (χ0v) is 13.1. The Morgan fingerprint density at radius 2 is 2.17 bits per heavy atom. The Morgan fingerprint density at radius 3 is 3.09 bits per heavy atom. The van der Waals surface area contributed by atoms with Crippen molar-refractivity contribution in [1.29, 1.82) is 0 Å². The van der Waals surface area contributed by atoms with Crippen LogP contribution < -0.4 is 0 Å². The highest BCUT2D eigenvalue weighted by Crippen LogP contribution is 2.29. The summed E-state index contributed by atoms with van der Waals surface area (Å²) in [6.45, 7) is 1.40. The molecule has 0 unspecified atom stereocenters. The van der Waals surface area contributed by atoms with Gasteiger partial charge in [-0.3, -0.25) is 4.98 Å². The number of methoxy groups -OCH3 is 1. The van der Waals surface area contributed by atoms with Gasteiger partial charge in [-0.25, -0.2) is 4.98 Å². The number of nitrogens with zero attached hydrogens (tertiary/aromatic N) is 3. The fraction of sp³-hybridized carbons (Fsp3) is 0.333. The number of ether oxygens (including phenoxy) is 2. The molecular formula is C18H19N3O2. The fourth-order valence-electron chi connectivity index (χ4n) is 3.26. The number of benzene rings is 1. The van der Waals surface area contributed by atoms with E-state index in [-0.39, 0.29) is 12.1 Å². The summed E-state index contributed by atoms with van der Waals surface area (Å²) in [7, 11) is 1.77. The van der Waals surface area contributed by atoms with Gasteiger partial charge in [0.1, 0.15) is 5.82 Å². The topological polar surface area (TPSA) is 49.2 Å². The van der Waals surface area contributed by atoms with Crippen LogP contribution in [0.5, 0.6) is 0 Å². The summed E-state index contributed by atoms with van der Waals surface area (Å²) in [6.07, 6.45) is 6.71. The van der Waals surface area contributed by atoms with Gasteiger partial charge in [-0.15, -0.1) is 0 Å². The Bertz CT molecular complexity index is 815. The van der Waals surface area contributed by atoms with E-state index in [0.29, 0.717) is 6.61 Å². The lowest BCUT2D eigenvalue weighted by Crippen LogP contribution is -2.35. The summed E-state index contributed by atoms with van der Waals surface area (Å²) < 4.78 is 13.5. The van der Waals surface area contributed by atoms with Gasteiger partial charge in [0.15, 0.2) is 0 Å². The van der Waals surface area contributed by atoms with Crippen molar-refractivity contribution in [2.24, 2.45) is 0 Å². The molecule has 0 saturated carbocycles. The molecule has 1 fully saturated rings. The fourth-order valence-corrected chi connectivity index (χ4v) is 3.26. The van der Waals surface area contributed by atoms with Gasteiger partial charge in [-0.1, -0.05) is 6.07 Å². The van der Waals surface area contributed by atoms with E-state index in [1.807, 2.05) is 30.7 Å². The summed E-state index contributed by atoms with van der Waals surface area (Å²) in [4.78, 5) is 8.94. The molecular weight excluding hydrogens is 290 g/mol. The third-order valence-corrected chi connectivity index (χ3v) is 4.45. The molecule has 23 heavy (non-hydrogen) atoms. The minimum absolute atomic E-state index is 0.149. The first-order valence-electron chi connectivity index (χ1n) is 7.85. The van der Waals surface area contributed by atoms with Crippen molar-refractivity contribution >= 4 is 10.9 Å². The summed E-state index contributed by atoms with van der Waals surface area (Å²) in [5, 5.41) is 1.11. The Hall–Kier alpha value is -2.24. The maximum atomic E-state index is 5.66. The van der Waals surface area contributed by atoms with E-state index in [1.54, 1.807) is 7.11 Å². The Kier molecular flexibility index (Phi) is 3.81. The van der Waals surface area contributed by atoms with Crippen LogP contribution in [0.25, 0.3) is 22.3 Å². The number of aromatic nitrogens is 3. The molecule has 0 aliphatic carbocycles. The van der Waals surface area contributed by atoms with Crippen molar-refractivity contribution < 1.29 is 9.47 Å². The Labute approximate surface area is 134 Å². The van der Waals surface area contributed by atoms with Gasteiger partial charge >= 0.3 is 0 Å². The van der Waals surface area contributed by atoms with Crippen LogP contribution in [0.4, 0.5) is 0 Å². The Morgan fingerprint density at radius 1 is 1.22 bits per heavy atom. The summed E-state index contributed by atoms with van der Waals surface area (Å²) >= 11 is 0. The first-order chi connectivity index (χ1) is 11.4. The van der Waals surface area contributed by atoms with E-state index < -0.39 is 0 Å². The molecule has 0 N–H and O–H groups in total. The van der Waals surface area contributed by atoms with E-state index in [9.17, 15) is 0 Å². The molecule has 0 spiro atoms. The van der Waals surface area contributed by atoms with E-state index in [4.69, 9.17) is 9.47 Å². The van der Waals surface area contributed by atoms with Gasteiger partial charge < -0.3 is 14.0 Å². The first-order valence-corrected chi connectivity index (χ1v) is 7.85. The van der Waals surface area contributed by atoms with Gasteiger partial charge in [0.25, 0.3) is 0 Å². The van der Waals surface area contributed by atoms with Crippen LogP contribution in [0.2, 0.25) is 0 Å². The molecule has 5 heteroatoms. The van der Waals surface area contributed by atoms with Gasteiger partial charge in [-0.2, -0.15) is 0 Å². The molecule has 0 amide bonds. The second-order valence-electron chi connectivity index (χ2n) is 5.77. The summed E-state index contributed by atoms with van der Waals surface area (Å²) in [5.41, 5.74) is 2.07. The molecule has 0 bridgehead atoms. The third kappa shape index (κ3) is 2.62. The first kappa shape index (κ1) is 14.4. The van der Waals surface area contributed by atoms with Crippen LogP contribution in [0.1, 0.15) is 12.5 Å². The van der Waals surface area contributed by atoms with Crippen molar-refractivity contribution in [2.75, 3.05) is 20.3 Å². The molecule has 1 aromatic carbocycles. The zero-order chi connectivity index (χ0) is 15.6.